The Kier molecular flexibility index (Phi) is 4.59. The topological polar surface area (TPSA) is 32.3 Å². The molecule has 3 aromatic rings. The molecule has 4 rings (SSSR count). The number of likely N-dealkylation sites (tertiary alicyclic amines) is 1. The minimum atomic E-state index is -0.297. The molecular weight excluding hydrogens is 354 g/mol. The molecule has 1 N–H and O–H groups in total. The second-order valence-electron chi connectivity index (χ2n) is 6.48. The van der Waals surface area contributed by atoms with E-state index in [1.165, 1.54) is 29.5 Å². The largest absolute Gasteiger partial charge is 0.380 e. The lowest BCUT2D eigenvalue weighted by Gasteiger charge is -2.32. The Hall–Kier alpha value is -2.47. The highest BCUT2D eigenvalue weighted by atomic mass is 32.1. The number of para-hydroxylation sites is 1. The number of hydrogen-bond donors (Lipinski definition) is 1. The summed E-state index contributed by atoms with van der Waals surface area (Å²) in [5.74, 6) is -0.575. The van der Waals surface area contributed by atoms with Gasteiger partial charge in [0.2, 0.25) is 0 Å². The first-order valence-electron chi connectivity index (χ1n) is 8.59. The molecule has 134 valence electrons. The third-order valence-corrected chi connectivity index (χ3v) is 5.81. The number of thiophene rings is 1. The quantitative estimate of drug-likeness (QED) is 0.709. The van der Waals surface area contributed by atoms with Gasteiger partial charge in [0.15, 0.2) is 0 Å². The molecule has 6 heteroatoms. The van der Waals surface area contributed by atoms with Crippen LogP contribution in [0.2, 0.25) is 0 Å². The number of piperidine rings is 1. The first-order chi connectivity index (χ1) is 12.6. The predicted molar refractivity (Wildman–Crippen MR) is 101 cm³/mol. The molecule has 0 aliphatic carbocycles. The molecule has 0 unspecified atom stereocenters. The van der Waals surface area contributed by atoms with Crippen molar-refractivity contribution in [1.29, 1.82) is 0 Å². The fraction of sp³-hybridized carbons (Fsp3) is 0.250. The standard InChI is InChI=1S/C20H18F2N2OS/c21-14-5-6-18-13(11-14)12-19(26-18)20(25)24-9-7-15(8-10-24)23-17-4-2-1-3-16(17)22/h1-6,11-12,15,23H,7-10H2. The molecule has 0 radical (unpaired) electrons. The van der Waals surface area contributed by atoms with E-state index >= 15 is 0 Å². The van der Waals surface area contributed by atoms with Crippen molar-refractivity contribution in [2.75, 3.05) is 18.4 Å². The van der Waals surface area contributed by atoms with Crippen LogP contribution in [0, 0.1) is 11.6 Å². The lowest BCUT2D eigenvalue weighted by Crippen LogP contribution is -2.42. The summed E-state index contributed by atoms with van der Waals surface area (Å²) in [6, 6.07) is 13.1. The summed E-state index contributed by atoms with van der Waals surface area (Å²) in [4.78, 5) is 15.2. The number of carbonyl (C=O) groups is 1. The molecule has 1 amide bonds. The molecule has 2 aromatic carbocycles. The van der Waals surface area contributed by atoms with Crippen molar-refractivity contribution in [2.45, 2.75) is 18.9 Å². The number of benzene rings is 2. The van der Waals surface area contributed by atoms with Crippen LogP contribution in [0.15, 0.2) is 48.5 Å². The van der Waals surface area contributed by atoms with Crippen LogP contribution in [0.5, 0.6) is 0 Å². The predicted octanol–water partition coefficient (Wildman–Crippen LogP) is 4.90. The highest BCUT2D eigenvalue weighted by Gasteiger charge is 2.25. The van der Waals surface area contributed by atoms with Gasteiger partial charge in [-0.05, 0) is 54.6 Å². The average Bonchev–Trinajstić information content (AvgIpc) is 3.07. The zero-order chi connectivity index (χ0) is 18.1. The van der Waals surface area contributed by atoms with Crippen molar-refractivity contribution in [3.63, 3.8) is 0 Å². The van der Waals surface area contributed by atoms with E-state index in [9.17, 15) is 13.6 Å². The average molecular weight is 372 g/mol. The number of hydrogen-bond acceptors (Lipinski definition) is 3. The number of rotatable bonds is 3. The Morgan fingerprint density at radius 2 is 1.85 bits per heavy atom. The maximum absolute atomic E-state index is 13.7. The van der Waals surface area contributed by atoms with E-state index in [-0.39, 0.29) is 23.6 Å². The van der Waals surface area contributed by atoms with E-state index in [0.717, 1.165) is 22.9 Å². The van der Waals surface area contributed by atoms with Crippen molar-refractivity contribution >= 4 is 33.0 Å². The Labute approximate surface area is 154 Å². The highest BCUT2D eigenvalue weighted by Crippen LogP contribution is 2.28. The van der Waals surface area contributed by atoms with Gasteiger partial charge in [0.25, 0.3) is 5.91 Å². The minimum absolute atomic E-state index is 0.0176. The van der Waals surface area contributed by atoms with Gasteiger partial charge in [0, 0.05) is 23.8 Å². The third-order valence-electron chi connectivity index (χ3n) is 4.70. The van der Waals surface area contributed by atoms with Crippen molar-refractivity contribution in [2.24, 2.45) is 0 Å². The zero-order valence-electron chi connectivity index (χ0n) is 14.0. The Balaban J connectivity index is 1.40. The van der Waals surface area contributed by atoms with Crippen molar-refractivity contribution in [3.8, 4) is 0 Å². The van der Waals surface area contributed by atoms with Crippen LogP contribution in [0.1, 0.15) is 22.5 Å². The molecule has 1 saturated heterocycles. The van der Waals surface area contributed by atoms with Crippen LogP contribution < -0.4 is 5.32 Å². The van der Waals surface area contributed by atoms with Crippen molar-refractivity contribution in [3.05, 3.63) is 65.0 Å². The van der Waals surface area contributed by atoms with Gasteiger partial charge in [-0.2, -0.15) is 0 Å². The molecule has 1 aromatic heterocycles. The second-order valence-corrected chi connectivity index (χ2v) is 7.57. The summed E-state index contributed by atoms with van der Waals surface area (Å²) in [7, 11) is 0. The van der Waals surface area contributed by atoms with E-state index in [1.54, 1.807) is 30.3 Å². The van der Waals surface area contributed by atoms with E-state index in [0.29, 0.717) is 23.7 Å². The van der Waals surface area contributed by atoms with Crippen LogP contribution >= 0.6 is 11.3 Å². The lowest BCUT2D eigenvalue weighted by molar-refractivity contribution is 0.0723. The number of amides is 1. The summed E-state index contributed by atoms with van der Waals surface area (Å²) in [5.41, 5.74) is 0.504. The molecule has 26 heavy (non-hydrogen) atoms. The number of anilines is 1. The van der Waals surface area contributed by atoms with Gasteiger partial charge in [-0.25, -0.2) is 8.78 Å². The Bertz CT molecular complexity index is 948. The summed E-state index contributed by atoms with van der Waals surface area (Å²) >= 11 is 1.39. The maximum Gasteiger partial charge on any atom is 0.263 e. The molecule has 0 bridgehead atoms. The van der Waals surface area contributed by atoms with E-state index in [1.807, 2.05) is 4.90 Å². The molecular formula is C20H18F2N2OS. The third kappa shape index (κ3) is 3.42. The molecule has 1 aliphatic heterocycles. The minimum Gasteiger partial charge on any atom is -0.380 e. The number of nitrogens with one attached hydrogen (secondary N) is 1. The normalized spacial score (nSPS) is 15.4. The fourth-order valence-electron chi connectivity index (χ4n) is 3.30. The molecule has 0 atom stereocenters. The van der Waals surface area contributed by atoms with Gasteiger partial charge < -0.3 is 10.2 Å². The molecule has 2 heterocycles. The van der Waals surface area contributed by atoms with Crippen LogP contribution in [-0.4, -0.2) is 29.9 Å². The van der Waals surface area contributed by atoms with Gasteiger partial charge in [-0.15, -0.1) is 11.3 Å². The first kappa shape index (κ1) is 17.0. The smallest absolute Gasteiger partial charge is 0.263 e. The summed E-state index contributed by atoms with van der Waals surface area (Å²) in [6.07, 6.45) is 1.53. The Morgan fingerprint density at radius 3 is 2.62 bits per heavy atom. The SMILES string of the molecule is O=C(c1cc2cc(F)ccc2s1)N1CCC(Nc2ccccc2F)CC1. The van der Waals surface area contributed by atoms with Crippen molar-refractivity contribution < 1.29 is 13.6 Å². The molecule has 1 fully saturated rings. The van der Waals surface area contributed by atoms with Gasteiger partial charge in [-0.3, -0.25) is 4.79 Å². The molecule has 0 saturated carbocycles. The van der Waals surface area contributed by atoms with Crippen LogP contribution in [0.25, 0.3) is 10.1 Å². The fourth-order valence-corrected chi connectivity index (χ4v) is 4.31. The second kappa shape index (κ2) is 7.03. The summed E-state index contributed by atoms with van der Waals surface area (Å²) < 4.78 is 28.0. The highest BCUT2D eigenvalue weighted by molar-refractivity contribution is 7.20. The van der Waals surface area contributed by atoms with Gasteiger partial charge in [0.1, 0.15) is 11.6 Å². The first-order valence-corrected chi connectivity index (χ1v) is 9.41. The lowest BCUT2D eigenvalue weighted by atomic mass is 10.0. The molecule has 0 spiro atoms. The van der Waals surface area contributed by atoms with Crippen LogP contribution in [0.3, 0.4) is 0 Å². The number of fused-ring (bicyclic) bond motifs is 1. The Morgan fingerprint density at radius 1 is 1.08 bits per heavy atom. The number of halogens is 2. The molecule has 3 nitrogen and oxygen atoms in total. The van der Waals surface area contributed by atoms with E-state index < -0.39 is 0 Å². The molecule has 1 aliphatic rings. The van der Waals surface area contributed by atoms with E-state index in [4.69, 9.17) is 0 Å². The summed E-state index contributed by atoms with van der Waals surface area (Å²) in [6.45, 7) is 1.24. The van der Waals surface area contributed by atoms with Crippen LogP contribution in [0.4, 0.5) is 14.5 Å². The van der Waals surface area contributed by atoms with Gasteiger partial charge in [-0.1, -0.05) is 12.1 Å². The summed E-state index contributed by atoms with van der Waals surface area (Å²) in [5, 5.41) is 3.98. The zero-order valence-corrected chi connectivity index (χ0v) is 14.9. The van der Waals surface area contributed by atoms with E-state index in [2.05, 4.69) is 5.32 Å². The number of carbonyl (C=O) groups excluding carboxylic acids is 1. The van der Waals surface area contributed by atoms with Crippen molar-refractivity contribution in [1.82, 2.24) is 4.90 Å². The van der Waals surface area contributed by atoms with Crippen LogP contribution in [-0.2, 0) is 0 Å². The number of nitrogens with zero attached hydrogens (tertiary/aromatic N) is 1. The monoisotopic (exact) mass is 372 g/mol. The maximum atomic E-state index is 13.7. The van der Waals surface area contributed by atoms with Gasteiger partial charge in [0.05, 0.1) is 10.6 Å². The van der Waals surface area contributed by atoms with Gasteiger partial charge >= 0.3 is 0 Å².